The van der Waals surface area contributed by atoms with Crippen molar-refractivity contribution in [2.75, 3.05) is 0 Å². The van der Waals surface area contributed by atoms with E-state index in [1.54, 1.807) is 37.3 Å². The van der Waals surface area contributed by atoms with E-state index in [0.29, 0.717) is 22.3 Å². The third kappa shape index (κ3) is 6.86. The number of carbonyl (C=O) groups is 1. The first-order chi connectivity index (χ1) is 16.4. The van der Waals surface area contributed by atoms with Crippen molar-refractivity contribution >= 4 is 5.97 Å². The zero-order chi connectivity index (χ0) is 25.1. The van der Waals surface area contributed by atoms with Gasteiger partial charge < -0.3 is 15.3 Å². The summed E-state index contributed by atoms with van der Waals surface area (Å²) < 4.78 is 5.51. The van der Waals surface area contributed by atoms with Crippen molar-refractivity contribution in [3.8, 4) is 28.7 Å². The predicted molar refractivity (Wildman–Crippen MR) is 132 cm³/mol. The number of hydrogen-bond donors (Lipinski definition) is 2. The molecule has 34 heavy (non-hydrogen) atoms. The summed E-state index contributed by atoms with van der Waals surface area (Å²) in [5.74, 6) is -0.662. The van der Waals surface area contributed by atoms with Crippen molar-refractivity contribution in [2.45, 2.75) is 33.7 Å². The molecule has 174 valence electrons. The van der Waals surface area contributed by atoms with Gasteiger partial charge in [0.1, 0.15) is 0 Å². The molecular weight excluding hydrogens is 428 g/mol. The van der Waals surface area contributed by atoms with Crippen LogP contribution in [0.2, 0.25) is 0 Å². The monoisotopic (exact) mass is 456 g/mol. The van der Waals surface area contributed by atoms with Crippen LogP contribution >= 0.6 is 0 Å². The van der Waals surface area contributed by atoms with Gasteiger partial charge in [0.15, 0.2) is 0 Å². The minimum atomic E-state index is -1.09. The van der Waals surface area contributed by atoms with Crippen LogP contribution in [0.3, 0.4) is 0 Å². The number of nitriles is 1. The van der Waals surface area contributed by atoms with E-state index in [2.05, 4.69) is 35.3 Å². The number of rotatable bonds is 4. The molecule has 1 atom stereocenters. The van der Waals surface area contributed by atoms with Gasteiger partial charge in [0, 0.05) is 5.56 Å². The molecule has 3 N–H and O–H groups in total. The van der Waals surface area contributed by atoms with E-state index < -0.39 is 12.0 Å². The van der Waals surface area contributed by atoms with Crippen molar-refractivity contribution in [3.63, 3.8) is 0 Å². The highest BCUT2D eigenvalue weighted by Crippen LogP contribution is 2.30. The van der Waals surface area contributed by atoms with Crippen LogP contribution in [0.1, 0.15) is 54.2 Å². The number of benzene rings is 3. The maximum Gasteiger partial charge on any atom is 0.335 e. The van der Waals surface area contributed by atoms with Crippen LogP contribution in [0, 0.1) is 18.3 Å². The Morgan fingerprint density at radius 3 is 2.15 bits per heavy atom. The molecule has 0 amide bonds. The molecule has 3 aromatic carbocycles. The third-order valence-electron chi connectivity index (χ3n) is 4.56. The smallest absolute Gasteiger partial charge is 0.335 e. The fourth-order valence-electron chi connectivity index (χ4n) is 2.93. The average Bonchev–Trinajstić information content (AvgIpc) is 3.37. The summed E-state index contributed by atoms with van der Waals surface area (Å²) in [5, 5.41) is 26.5. The lowest BCUT2D eigenvalue weighted by Crippen LogP contribution is -2.04. The van der Waals surface area contributed by atoms with Gasteiger partial charge in [-0.3, -0.25) is 0 Å². The topological polar surface area (TPSA) is 126 Å². The summed E-state index contributed by atoms with van der Waals surface area (Å²) in [6.07, 6.45) is 0. The second kappa shape index (κ2) is 12.7. The second-order valence-corrected chi connectivity index (χ2v) is 7.15. The molecule has 7 heteroatoms. The Morgan fingerprint density at radius 2 is 1.62 bits per heavy atom. The van der Waals surface area contributed by atoms with E-state index in [0.717, 1.165) is 0 Å². The van der Waals surface area contributed by atoms with E-state index in [4.69, 9.17) is 10.2 Å². The Hall–Kier alpha value is -4.28. The largest absolute Gasteiger partial charge is 0.478 e. The maximum absolute atomic E-state index is 11.5. The van der Waals surface area contributed by atoms with Crippen LogP contribution in [0.25, 0.3) is 22.6 Å². The fourth-order valence-corrected chi connectivity index (χ4v) is 2.93. The molecule has 0 spiro atoms. The Bertz CT molecular complexity index is 1260. The Labute approximate surface area is 199 Å². The van der Waals surface area contributed by atoms with Crippen LogP contribution in [-0.4, -0.2) is 21.3 Å². The molecule has 0 radical (unpaired) electrons. The molecule has 1 unspecified atom stereocenters. The van der Waals surface area contributed by atoms with Crippen molar-refractivity contribution < 1.29 is 14.3 Å². The van der Waals surface area contributed by atoms with E-state index in [1.165, 1.54) is 17.7 Å². The molecule has 4 aromatic rings. The van der Waals surface area contributed by atoms with Crippen LogP contribution in [0.4, 0.5) is 0 Å². The van der Waals surface area contributed by atoms with Crippen molar-refractivity contribution in [1.29, 1.82) is 5.26 Å². The number of carboxylic acids is 1. The zero-order valence-corrected chi connectivity index (χ0v) is 19.7. The van der Waals surface area contributed by atoms with E-state index in [1.807, 2.05) is 32.0 Å². The van der Waals surface area contributed by atoms with Gasteiger partial charge >= 0.3 is 5.97 Å². The van der Waals surface area contributed by atoms with Crippen LogP contribution < -0.4 is 5.73 Å². The highest BCUT2D eigenvalue weighted by atomic mass is 16.4. The highest BCUT2D eigenvalue weighted by Gasteiger charge is 2.16. The number of aryl methyl sites for hydroxylation is 1. The van der Waals surface area contributed by atoms with Gasteiger partial charge in [0.05, 0.1) is 23.2 Å². The summed E-state index contributed by atoms with van der Waals surface area (Å²) >= 11 is 0. The first-order valence-electron chi connectivity index (χ1n) is 10.9. The number of nitrogens with two attached hydrogens (primary N) is 1. The number of nitrogens with zero attached hydrogens (tertiary/aromatic N) is 3. The van der Waals surface area contributed by atoms with E-state index in [-0.39, 0.29) is 17.3 Å². The SMILES string of the molecule is CC.CC(N)c1nnc(-c2cc(C(=O)O)cc(-c3ccccc3C#N)c2)o1.Cc1ccccc1. The second-order valence-electron chi connectivity index (χ2n) is 7.15. The number of aromatic carboxylic acids is 1. The number of aromatic nitrogens is 2. The van der Waals surface area contributed by atoms with Gasteiger partial charge in [-0.05, 0) is 49.2 Å². The van der Waals surface area contributed by atoms with Gasteiger partial charge in [-0.1, -0.05) is 67.9 Å². The standard InChI is InChI=1S/C18H14N4O3.C7H8.C2H6/c1-10(20)16-21-22-17(25-16)13-6-12(7-14(8-13)18(23)24)15-5-3-2-4-11(15)9-19;1-7-5-3-2-4-6-7;1-2/h2-8,10H,20H2,1H3,(H,23,24);2-6H,1H3;1-2H3. The first kappa shape index (κ1) is 26.0. The molecule has 0 saturated carbocycles. The predicted octanol–water partition coefficient (Wildman–Crippen LogP) is 6.01. The lowest BCUT2D eigenvalue weighted by molar-refractivity contribution is 0.0697. The first-order valence-corrected chi connectivity index (χ1v) is 10.9. The summed E-state index contributed by atoms with van der Waals surface area (Å²) in [5.41, 5.74) is 9.19. The molecule has 1 aromatic heterocycles. The molecule has 0 aliphatic rings. The van der Waals surface area contributed by atoms with Crippen LogP contribution in [-0.2, 0) is 0 Å². The summed E-state index contributed by atoms with van der Waals surface area (Å²) in [4.78, 5) is 11.5. The van der Waals surface area contributed by atoms with Gasteiger partial charge in [-0.2, -0.15) is 5.26 Å². The Kier molecular flexibility index (Phi) is 9.69. The Morgan fingerprint density at radius 1 is 1.00 bits per heavy atom. The molecule has 7 nitrogen and oxygen atoms in total. The van der Waals surface area contributed by atoms with Gasteiger partial charge in [-0.25, -0.2) is 4.79 Å². The normalized spacial score (nSPS) is 10.6. The number of hydrogen-bond acceptors (Lipinski definition) is 6. The molecule has 0 aliphatic heterocycles. The molecular formula is C27H28N4O3. The highest BCUT2D eigenvalue weighted by molar-refractivity contribution is 5.92. The van der Waals surface area contributed by atoms with E-state index in [9.17, 15) is 15.2 Å². The Balaban J connectivity index is 0.000000384. The minimum absolute atomic E-state index is 0.0563. The lowest BCUT2D eigenvalue weighted by Gasteiger charge is -2.07. The minimum Gasteiger partial charge on any atom is -0.478 e. The quantitative estimate of drug-likeness (QED) is 0.385. The van der Waals surface area contributed by atoms with Crippen LogP contribution in [0.15, 0.2) is 77.2 Å². The zero-order valence-electron chi connectivity index (χ0n) is 19.7. The number of carboxylic acid groups (broad SMARTS) is 1. The molecule has 0 fully saturated rings. The lowest BCUT2D eigenvalue weighted by atomic mass is 9.96. The molecule has 1 heterocycles. The summed E-state index contributed by atoms with van der Waals surface area (Å²) in [7, 11) is 0. The fraction of sp³-hybridized carbons (Fsp3) is 0.185. The average molecular weight is 457 g/mol. The van der Waals surface area contributed by atoms with Crippen molar-refractivity contribution in [3.05, 3.63) is 95.4 Å². The summed E-state index contributed by atoms with van der Waals surface area (Å²) in [6, 6.07) is 23.6. The maximum atomic E-state index is 11.5. The van der Waals surface area contributed by atoms with Crippen LogP contribution in [0.5, 0.6) is 0 Å². The van der Waals surface area contributed by atoms with E-state index >= 15 is 0 Å². The van der Waals surface area contributed by atoms with Crippen molar-refractivity contribution in [1.82, 2.24) is 10.2 Å². The molecule has 0 bridgehead atoms. The molecule has 0 saturated heterocycles. The molecule has 4 rings (SSSR count). The van der Waals surface area contributed by atoms with Gasteiger partial charge in [0.2, 0.25) is 11.8 Å². The van der Waals surface area contributed by atoms with Gasteiger partial charge in [-0.15, -0.1) is 10.2 Å². The summed E-state index contributed by atoms with van der Waals surface area (Å²) in [6.45, 7) is 7.79. The molecule has 0 aliphatic carbocycles. The van der Waals surface area contributed by atoms with Gasteiger partial charge in [0.25, 0.3) is 0 Å². The third-order valence-corrected chi connectivity index (χ3v) is 4.56. The van der Waals surface area contributed by atoms with Crippen molar-refractivity contribution in [2.24, 2.45) is 5.73 Å².